The Labute approximate surface area is 84.3 Å². The van der Waals surface area contributed by atoms with Crippen molar-refractivity contribution in [3.8, 4) is 0 Å². The van der Waals surface area contributed by atoms with E-state index in [1.54, 1.807) is 0 Å². The summed E-state index contributed by atoms with van der Waals surface area (Å²) in [5, 5.41) is 3.00. The summed E-state index contributed by atoms with van der Waals surface area (Å²) in [6.45, 7) is 7.78. The molecule has 1 amide bonds. The molecular weight excluding hydrogens is 188 g/mol. The van der Waals surface area contributed by atoms with Crippen molar-refractivity contribution < 1.29 is 4.79 Å². The topological polar surface area (TPSA) is 55.1 Å². The highest BCUT2D eigenvalue weighted by atomic mass is 35.5. The molecule has 3 N–H and O–H groups in total. The molecule has 0 aliphatic carbocycles. The van der Waals surface area contributed by atoms with Crippen LogP contribution in [0.3, 0.4) is 0 Å². The standard InChI is InChI=1S/C9H17ClN2O/c1-6(2)4-8(11)9(13)12-5-7(3)10/h6,8H,3-5,11H2,1-2H3,(H,12,13)/t8-/m1/s1. The lowest BCUT2D eigenvalue weighted by atomic mass is 10.0. The van der Waals surface area contributed by atoms with Crippen LogP contribution in [-0.4, -0.2) is 18.5 Å². The van der Waals surface area contributed by atoms with E-state index in [0.717, 1.165) is 0 Å². The van der Waals surface area contributed by atoms with Crippen LogP contribution in [0.5, 0.6) is 0 Å². The van der Waals surface area contributed by atoms with Gasteiger partial charge in [0, 0.05) is 5.03 Å². The van der Waals surface area contributed by atoms with Crippen molar-refractivity contribution in [1.29, 1.82) is 0 Å². The minimum Gasteiger partial charge on any atom is -0.350 e. The van der Waals surface area contributed by atoms with Gasteiger partial charge in [-0.05, 0) is 12.3 Å². The van der Waals surface area contributed by atoms with Crippen LogP contribution in [0, 0.1) is 5.92 Å². The van der Waals surface area contributed by atoms with E-state index >= 15 is 0 Å². The molecule has 13 heavy (non-hydrogen) atoms. The molecule has 0 spiro atoms. The normalized spacial score (nSPS) is 12.7. The van der Waals surface area contributed by atoms with Gasteiger partial charge >= 0.3 is 0 Å². The second-order valence-corrected chi connectivity index (χ2v) is 4.01. The summed E-state index contributed by atoms with van der Waals surface area (Å²) < 4.78 is 0. The summed E-state index contributed by atoms with van der Waals surface area (Å²) in [7, 11) is 0. The Morgan fingerprint density at radius 2 is 2.15 bits per heavy atom. The smallest absolute Gasteiger partial charge is 0.237 e. The highest BCUT2D eigenvalue weighted by molar-refractivity contribution is 6.29. The molecule has 1 atom stereocenters. The van der Waals surface area contributed by atoms with Crippen LogP contribution in [0.4, 0.5) is 0 Å². The van der Waals surface area contributed by atoms with Crippen molar-refractivity contribution in [2.75, 3.05) is 6.54 Å². The summed E-state index contributed by atoms with van der Waals surface area (Å²) in [4.78, 5) is 11.2. The number of carbonyl (C=O) groups is 1. The SMILES string of the molecule is C=C(Cl)CNC(=O)[C@H](N)CC(C)C. The van der Waals surface area contributed by atoms with Gasteiger partial charge < -0.3 is 11.1 Å². The van der Waals surface area contributed by atoms with Gasteiger partial charge in [0.1, 0.15) is 0 Å². The average Bonchev–Trinajstić information content (AvgIpc) is 1.98. The predicted molar refractivity (Wildman–Crippen MR) is 55.4 cm³/mol. The highest BCUT2D eigenvalue weighted by Gasteiger charge is 2.13. The lowest BCUT2D eigenvalue weighted by molar-refractivity contribution is -0.122. The van der Waals surface area contributed by atoms with E-state index in [1.165, 1.54) is 0 Å². The predicted octanol–water partition coefficient (Wildman–Crippen LogP) is 1.23. The number of amides is 1. The molecule has 3 nitrogen and oxygen atoms in total. The molecule has 0 aromatic rings. The van der Waals surface area contributed by atoms with Crippen LogP contribution in [0.15, 0.2) is 11.6 Å². The number of hydrogen-bond donors (Lipinski definition) is 2. The first-order chi connectivity index (χ1) is 5.93. The van der Waals surface area contributed by atoms with Crippen molar-refractivity contribution in [1.82, 2.24) is 5.32 Å². The molecule has 0 aliphatic rings. The van der Waals surface area contributed by atoms with Crippen molar-refractivity contribution in [3.05, 3.63) is 11.6 Å². The zero-order valence-electron chi connectivity index (χ0n) is 8.14. The summed E-state index contributed by atoms with van der Waals surface area (Å²) in [5.74, 6) is 0.246. The number of nitrogens with one attached hydrogen (secondary N) is 1. The monoisotopic (exact) mass is 204 g/mol. The fourth-order valence-electron chi connectivity index (χ4n) is 0.929. The summed E-state index contributed by atoms with van der Waals surface area (Å²) in [6, 6.07) is -0.448. The number of rotatable bonds is 5. The van der Waals surface area contributed by atoms with Crippen LogP contribution in [0.25, 0.3) is 0 Å². The second-order valence-electron chi connectivity index (χ2n) is 3.47. The Balaban J connectivity index is 3.76. The van der Waals surface area contributed by atoms with Crippen LogP contribution in [-0.2, 0) is 4.79 Å². The molecule has 0 radical (unpaired) electrons. The van der Waals surface area contributed by atoms with E-state index in [9.17, 15) is 4.79 Å². The Morgan fingerprint density at radius 3 is 2.54 bits per heavy atom. The molecule has 0 fully saturated rings. The maximum Gasteiger partial charge on any atom is 0.237 e. The summed E-state index contributed by atoms with van der Waals surface area (Å²) in [6.07, 6.45) is 0.681. The second kappa shape index (κ2) is 6.00. The average molecular weight is 205 g/mol. The molecule has 76 valence electrons. The van der Waals surface area contributed by atoms with Gasteiger partial charge in [0.05, 0.1) is 12.6 Å². The molecule has 0 aromatic carbocycles. The fourth-order valence-corrected chi connectivity index (χ4v) is 0.996. The first-order valence-corrected chi connectivity index (χ1v) is 4.67. The third kappa shape index (κ3) is 6.61. The van der Waals surface area contributed by atoms with Crippen LogP contribution >= 0.6 is 11.6 Å². The number of halogens is 1. The lowest BCUT2D eigenvalue weighted by Gasteiger charge is -2.13. The van der Waals surface area contributed by atoms with E-state index in [2.05, 4.69) is 11.9 Å². The first-order valence-electron chi connectivity index (χ1n) is 4.30. The van der Waals surface area contributed by atoms with Crippen LogP contribution < -0.4 is 11.1 Å². The lowest BCUT2D eigenvalue weighted by Crippen LogP contribution is -2.41. The van der Waals surface area contributed by atoms with Crippen LogP contribution in [0.2, 0.25) is 0 Å². The van der Waals surface area contributed by atoms with Crippen LogP contribution in [0.1, 0.15) is 20.3 Å². The Morgan fingerprint density at radius 1 is 1.62 bits per heavy atom. The van der Waals surface area contributed by atoms with Gasteiger partial charge in [0.2, 0.25) is 5.91 Å². The molecule has 4 heteroatoms. The molecule has 0 aliphatic heterocycles. The van der Waals surface area contributed by atoms with Crippen molar-refractivity contribution >= 4 is 17.5 Å². The molecule has 0 aromatic heterocycles. The maximum absolute atomic E-state index is 11.2. The van der Waals surface area contributed by atoms with Gasteiger partial charge in [-0.15, -0.1) is 0 Å². The zero-order valence-corrected chi connectivity index (χ0v) is 8.90. The minimum absolute atomic E-state index is 0.171. The van der Waals surface area contributed by atoms with E-state index in [0.29, 0.717) is 17.4 Å². The molecule has 0 saturated carbocycles. The molecule has 0 rings (SSSR count). The first kappa shape index (κ1) is 12.5. The number of hydrogen-bond acceptors (Lipinski definition) is 2. The molecular formula is C9H17ClN2O. The van der Waals surface area contributed by atoms with Gasteiger partial charge in [-0.25, -0.2) is 0 Å². The quantitative estimate of drug-likeness (QED) is 0.708. The maximum atomic E-state index is 11.2. The van der Waals surface area contributed by atoms with Crippen molar-refractivity contribution in [2.24, 2.45) is 11.7 Å². The Kier molecular flexibility index (Phi) is 5.75. The van der Waals surface area contributed by atoms with Gasteiger partial charge in [0.15, 0.2) is 0 Å². The van der Waals surface area contributed by atoms with Gasteiger partial charge in [0.25, 0.3) is 0 Å². The van der Waals surface area contributed by atoms with E-state index in [-0.39, 0.29) is 12.5 Å². The molecule has 0 bridgehead atoms. The summed E-state index contributed by atoms with van der Waals surface area (Å²) >= 11 is 5.48. The Hall–Kier alpha value is -0.540. The number of nitrogens with two attached hydrogens (primary N) is 1. The van der Waals surface area contributed by atoms with Gasteiger partial charge in [-0.2, -0.15) is 0 Å². The Bertz CT molecular complexity index is 192. The van der Waals surface area contributed by atoms with Gasteiger partial charge in [-0.3, -0.25) is 4.79 Å². The third-order valence-corrected chi connectivity index (χ3v) is 1.65. The highest BCUT2D eigenvalue weighted by Crippen LogP contribution is 2.02. The molecule has 0 unspecified atom stereocenters. The van der Waals surface area contributed by atoms with Crippen molar-refractivity contribution in [2.45, 2.75) is 26.3 Å². The minimum atomic E-state index is -0.448. The fraction of sp³-hybridized carbons (Fsp3) is 0.667. The van der Waals surface area contributed by atoms with E-state index in [1.807, 2.05) is 13.8 Å². The summed E-state index contributed by atoms with van der Waals surface area (Å²) in [5.41, 5.74) is 5.62. The van der Waals surface area contributed by atoms with E-state index in [4.69, 9.17) is 17.3 Å². The largest absolute Gasteiger partial charge is 0.350 e. The van der Waals surface area contributed by atoms with Gasteiger partial charge in [-0.1, -0.05) is 32.0 Å². The zero-order chi connectivity index (χ0) is 10.4. The molecule has 0 saturated heterocycles. The number of carbonyl (C=O) groups excluding carboxylic acids is 1. The van der Waals surface area contributed by atoms with E-state index < -0.39 is 6.04 Å². The van der Waals surface area contributed by atoms with Crippen molar-refractivity contribution in [3.63, 3.8) is 0 Å². The third-order valence-electron chi connectivity index (χ3n) is 1.52. The molecule has 0 heterocycles.